The molecule has 0 saturated heterocycles. The van der Waals surface area contributed by atoms with Crippen LogP contribution in [0.25, 0.3) is 0 Å². The lowest BCUT2D eigenvalue weighted by molar-refractivity contribution is 0.0195. The highest BCUT2D eigenvalue weighted by Gasteiger charge is 2.41. The third kappa shape index (κ3) is 2.55. The lowest BCUT2D eigenvalue weighted by atomic mass is 9.59. The van der Waals surface area contributed by atoms with Crippen molar-refractivity contribution < 1.29 is 0 Å². The largest absolute Gasteiger partial charge is 0.306 e. The van der Waals surface area contributed by atoms with Crippen molar-refractivity contribution in [2.75, 3.05) is 20.1 Å². The van der Waals surface area contributed by atoms with Crippen LogP contribution in [0.5, 0.6) is 0 Å². The summed E-state index contributed by atoms with van der Waals surface area (Å²) >= 11 is 0. The standard InChI is InChI=1S/C14H27N/c1-4-15(3)11-14-7-5-6-13(10-14)8-12(2)9-14/h12-13H,4-11H2,1-3H3. The summed E-state index contributed by atoms with van der Waals surface area (Å²) in [4.78, 5) is 2.53. The van der Waals surface area contributed by atoms with Crippen molar-refractivity contribution in [3.63, 3.8) is 0 Å². The molecule has 2 fully saturated rings. The Hall–Kier alpha value is -0.0400. The van der Waals surface area contributed by atoms with Crippen molar-refractivity contribution >= 4 is 0 Å². The van der Waals surface area contributed by atoms with E-state index in [-0.39, 0.29) is 0 Å². The molecule has 3 atom stereocenters. The number of hydrogen-bond donors (Lipinski definition) is 0. The van der Waals surface area contributed by atoms with Crippen molar-refractivity contribution in [3.8, 4) is 0 Å². The Morgan fingerprint density at radius 3 is 2.87 bits per heavy atom. The summed E-state index contributed by atoms with van der Waals surface area (Å²) in [6, 6.07) is 0. The molecule has 2 aliphatic rings. The molecule has 0 aliphatic heterocycles. The van der Waals surface area contributed by atoms with Crippen LogP contribution in [0.4, 0.5) is 0 Å². The van der Waals surface area contributed by atoms with Gasteiger partial charge in [0.25, 0.3) is 0 Å². The van der Waals surface area contributed by atoms with Crippen molar-refractivity contribution in [2.45, 2.75) is 52.4 Å². The van der Waals surface area contributed by atoms with Crippen molar-refractivity contribution in [1.29, 1.82) is 0 Å². The second kappa shape index (κ2) is 4.45. The maximum absolute atomic E-state index is 2.53. The Morgan fingerprint density at radius 1 is 1.33 bits per heavy atom. The van der Waals surface area contributed by atoms with E-state index in [1.807, 2.05) is 0 Å². The molecule has 2 saturated carbocycles. The van der Waals surface area contributed by atoms with E-state index in [0.29, 0.717) is 5.41 Å². The zero-order chi connectivity index (χ0) is 10.9. The van der Waals surface area contributed by atoms with Crippen LogP contribution in [0.3, 0.4) is 0 Å². The summed E-state index contributed by atoms with van der Waals surface area (Å²) in [6.45, 7) is 7.31. The molecule has 88 valence electrons. The minimum Gasteiger partial charge on any atom is -0.306 e. The van der Waals surface area contributed by atoms with Crippen molar-refractivity contribution in [1.82, 2.24) is 4.90 Å². The molecule has 0 amide bonds. The van der Waals surface area contributed by atoms with Crippen LogP contribution >= 0.6 is 0 Å². The molecule has 0 aromatic rings. The number of nitrogens with zero attached hydrogens (tertiary/aromatic N) is 1. The molecular weight excluding hydrogens is 182 g/mol. The van der Waals surface area contributed by atoms with E-state index in [1.54, 1.807) is 0 Å². The van der Waals surface area contributed by atoms with Gasteiger partial charge in [0.2, 0.25) is 0 Å². The van der Waals surface area contributed by atoms with Gasteiger partial charge in [0.05, 0.1) is 0 Å². The van der Waals surface area contributed by atoms with E-state index in [4.69, 9.17) is 0 Å². The number of fused-ring (bicyclic) bond motifs is 2. The van der Waals surface area contributed by atoms with Gasteiger partial charge in [-0.15, -0.1) is 0 Å². The zero-order valence-electron chi connectivity index (χ0n) is 10.8. The molecule has 15 heavy (non-hydrogen) atoms. The summed E-state index contributed by atoms with van der Waals surface area (Å²) in [7, 11) is 2.29. The zero-order valence-corrected chi connectivity index (χ0v) is 10.8. The fraction of sp³-hybridized carbons (Fsp3) is 1.00. The van der Waals surface area contributed by atoms with Gasteiger partial charge in [0, 0.05) is 6.54 Å². The van der Waals surface area contributed by atoms with E-state index >= 15 is 0 Å². The summed E-state index contributed by atoms with van der Waals surface area (Å²) in [6.07, 6.45) is 9.04. The van der Waals surface area contributed by atoms with Crippen LogP contribution in [0.15, 0.2) is 0 Å². The molecule has 2 aliphatic carbocycles. The molecule has 0 heterocycles. The highest BCUT2D eigenvalue weighted by atomic mass is 15.1. The first kappa shape index (κ1) is 11.4. The van der Waals surface area contributed by atoms with Gasteiger partial charge in [0.1, 0.15) is 0 Å². The summed E-state index contributed by atoms with van der Waals surface area (Å²) in [5, 5.41) is 0. The molecule has 1 nitrogen and oxygen atoms in total. The van der Waals surface area contributed by atoms with Gasteiger partial charge in [-0.25, -0.2) is 0 Å². The number of rotatable bonds is 3. The normalized spacial score (nSPS) is 40.8. The Bertz CT molecular complexity index is 209. The average Bonchev–Trinajstić information content (AvgIpc) is 2.15. The third-order valence-corrected chi connectivity index (χ3v) is 4.70. The Balaban J connectivity index is 2.03. The van der Waals surface area contributed by atoms with E-state index in [9.17, 15) is 0 Å². The van der Waals surface area contributed by atoms with Crippen LogP contribution in [-0.2, 0) is 0 Å². The molecule has 0 aromatic heterocycles. The third-order valence-electron chi connectivity index (χ3n) is 4.70. The van der Waals surface area contributed by atoms with Gasteiger partial charge in [-0.05, 0) is 56.5 Å². The SMILES string of the molecule is CCN(C)CC12CCCC(CC(C)C1)C2. The molecule has 0 radical (unpaired) electrons. The second-order valence-electron chi connectivity index (χ2n) is 6.34. The molecule has 0 spiro atoms. The topological polar surface area (TPSA) is 3.24 Å². The van der Waals surface area contributed by atoms with E-state index in [0.717, 1.165) is 11.8 Å². The number of hydrogen-bond acceptors (Lipinski definition) is 1. The molecule has 1 heteroatoms. The van der Waals surface area contributed by atoms with Crippen LogP contribution in [0, 0.1) is 17.3 Å². The summed E-state index contributed by atoms with van der Waals surface area (Å²) in [5.74, 6) is 2.04. The van der Waals surface area contributed by atoms with Gasteiger partial charge in [-0.1, -0.05) is 26.7 Å². The second-order valence-corrected chi connectivity index (χ2v) is 6.34. The lowest BCUT2D eigenvalue weighted by Crippen LogP contribution is -2.43. The highest BCUT2D eigenvalue weighted by molar-refractivity contribution is 4.94. The van der Waals surface area contributed by atoms with Crippen molar-refractivity contribution in [2.24, 2.45) is 17.3 Å². The van der Waals surface area contributed by atoms with Gasteiger partial charge in [-0.2, -0.15) is 0 Å². The van der Waals surface area contributed by atoms with E-state index < -0.39 is 0 Å². The van der Waals surface area contributed by atoms with Crippen LogP contribution in [-0.4, -0.2) is 25.0 Å². The highest BCUT2D eigenvalue weighted by Crippen LogP contribution is 2.51. The van der Waals surface area contributed by atoms with Crippen LogP contribution in [0.1, 0.15) is 52.4 Å². The molecular formula is C14H27N. The Labute approximate surface area is 95.2 Å². The lowest BCUT2D eigenvalue weighted by Gasteiger charge is -2.49. The molecule has 3 unspecified atom stereocenters. The smallest absolute Gasteiger partial charge is 0.00350 e. The maximum atomic E-state index is 2.53. The quantitative estimate of drug-likeness (QED) is 0.687. The van der Waals surface area contributed by atoms with E-state index in [2.05, 4.69) is 25.8 Å². The molecule has 0 aromatic carbocycles. The van der Waals surface area contributed by atoms with Crippen LogP contribution < -0.4 is 0 Å². The summed E-state index contributed by atoms with van der Waals surface area (Å²) < 4.78 is 0. The van der Waals surface area contributed by atoms with Gasteiger partial charge in [-0.3, -0.25) is 0 Å². The monoisotopic (exact) mass is 209 g/mol. The van der Waals surface area contributed by atoms with Crippen molar-refractivity contribution in [3.05, 3.63) is 0 Å². The van der Waals surface area contributed by atoms with Gasteiger partial charge < -0.3 is 4.90 Å². The molecule has 2 bridgehead atoms. The maximum Gasteiger partial charge on any atom is 0.00350 e. The molecule has 0 N–H and O–H groups in total. The fourth-order valence-electron chi connectivity index (χ4n) is 4.25. The predicted octanol–water partition coefficient (Wildman–Crippen LogP) is 3.54. The van der Waals surface area contributed by atoms with E-state index in [1.165, 1.54) is 51.6 Å². The predicted molar refractivity (Wildman–Crippen MR) is 66.0 cm³/mol. The fourth-order valence-corrected chi connectivity index (χ4v) is 4.25. The summed E-state index contributed by atoms with van der Waals surface area (Å²) in [5.41, 5.74) is 0.700. The first-order valence-corrected chi connectivity index (χ1v) is 6.82. The molecule has 2 rings (SSSR count). The Morgan fingerprint density at radius 2 is 2.13 bits per heavy atom. The Kier molecular flexibility index (Phi) is 3.39. The van der Waals surface area contributed by atoms with Crippen LogP contribution in [0.2, 0.25) is 0 Å². The minimum atomic E-state index is 0.700. The average molecular weight is 209 g/mol. The first-order valence-electron chi connectivity index (χ1n) is 6.82. The van der Waals surface area contributed by atoms with Gasteiger partial charge >= 0.3 is 0 Å². The minimum absolute atomic E-state index is 0.700. The first-order chi connectivity index (χ1) is 7.13. The van der Waals surface area contributed by atoms with Gasteiger partial charge in [0.15, 0.2) is 0 Å².